The quantitative estimate of drug-likeness (QED) is 0.266. The molecule has 0 radical (unpaired) electrons. The maximum Gasteiger partial charge on any atom is 0.296 e. The minimum atomic E-state index is -3.90. The van der Waals surface area contributed by atoms with Crippen LogP contribution in [0, 0.1) is 0 Å². The molecular weight excluding hydrogens is 545 g/mol. The Labute approximate surface area is 234 Å². The number of ether oxygens (including phenoxy) is 1. The van der Waals surface area contributed by atoms with E-state index >= 15 is 0 Å². The SMILES string of the molecule is CC(C)Oc1cccc(CC(=O)N2CCC(CCOS(=O)(=O)c3ccccc3)(c3ccc(Cl)c(Cl)c3)C2)c1. The molecule has 0 bridgehead atoms. The fraction of sp³-hybridized carbons (Fsp3) is 0.345. The maximum atomic E-state index is 13.3. The van der Waals surface area contributed by atoms with E-state index in [9.17, 15) is 13.2 Å². The van der Waals surface area contributed by atoms with Crippen LogP contribution in [0.25, 0.3) is 0 Å². The number of hydrogen-bond acceptors (Lipinski definition) is 5. The van der Waals surface area contributed by atoms with Crippen molar-refractivity contribution >= 4 is 39.2 Å². The van der Waals surface area contributed by atoms with Gasteiger partial charge in [-0.25, -0.2) is 0 Å². The Morgan fingerprint density at radius 2 is 1.76 bits per heavy atom. The van der Waals surface area contributed by atoms with Gasteiger partial charge in [0.15, 0.2) is 0 Å². The van der Waals surface area contributed by atoms with Crippen LogP contribution in [-0.4, -0.2) is 45.0 Å². The molecular formula is C29H31Cl2NO5S. The molecule has 1 aliphatic rings. The molecule has 0 saturated carbocycles. The first-order valence-electron chi connectivity index (χ1n) is 12.5. The molecule has 1 atom stereocenters. The molecule has 4 rings (SSSR count). The number of nitrogens with zero attached hydrogens (tertiary/aromatic N) is 1. The van der Waals surface area contributed by atoms with Gasteiger partial charge in [-0.05, 0) is 74.2 Å². The molecule has 1 fully saturated rings. The van der Waals surface area contributed by atoms with Crippen LogP contribution in [-0.2, 0) is 30.9 Å². The molecule has 0 aromatic heterocycles. The maximum absolute atomic E-state index is 13.3. The van der Waals surface area contributed by atoms with Crippen molar-refractivity contribution in [1.29, 1.82) is 0 Å². The Morgan fingerprint density at radius 1 is 1.00 bits per heavy atom. The highest BCUT2D eigenvalue weighted by Gasteiger charge is 2.41. The van der Waals surface area contributed by atoms with E-state index < -0.39 is 15.5 Å². The molecule has 6 nitrogen and oxygen atoms in total. The fourth-order valence-corrected chi connectivity index (χ4v) is 6.01. The molecule has 38 heavy (non-hydrogen) atoms. The molecule has 3 aromatic rings. The summed E-state index contributed by atoms with van der Waals surface area (Å²) < 4.78 is 36.5. The van der Waals surface area contributed by atoms with Gasteiger partial charge in [-0.3, -0.25) is 8.98 Å². The molecule has 0 N–H and O–H groups in total. The fourth-order valence-electron chi connectivity index (χ4n) is 4.78. The van der Waals surface area contributed by atoms with Crippen LogP contribution in [0.5, 0.6) is 5.75 Å². The van der Waals surface area contributed by atoms with Crippen LogP contribution < -0.4 is 4.74 Å². The van der Waals surface area contributed by atoms with Gasteiger partial charge in [-0.2, -0.15) is 8.42 Å². The van der Waals surface area contributed by atoms with Gasteiger partial charge in [0, 0.05) is 18.5 Å². The second-order valence-corrected chi connectivity index (χ2v) is 12.2. The summed E-state index contributed by atoms with van der Waals surface area (Å²) in [7, 11) is -3.90. The molecule has 1 heterocycles. The zero-order chi connectivity index (χ0) is 27.3. The van der Waals surface area contributed by atoms with E-state index in [1.807, 2.05) is 49.1 Å². The van der Waals surface area contributed by atoms with Crippen LogP contribution in [0.1, 0.15) is 37.8 Å². The molecule has 1 unspecified atom stereocenters. The standard InChI is InChI=1S/C29H31Cl2NO5S/c1-21(2)37-24-8-6-7-22(17-24)18-28(33)32-15-13-29(20-32,23-11-12-26(30)27(31)19-23)14-16-36-38(34,35)25-9-4-3-5-10-25/h3-12,17,19,21H,13-16,18,20H2,1-2H3. The third-order valence-electron chi connectivity index (χ3n) is 6.72. The van der Waals surface area contributed by atoms with Gasteiger partial charge in [0.1, 0.15) is 5.75 Å². The lowest BCUT2D eigenvalue weighted by molar-refractivity contribution is -0.129. The highest BCUT2D eigenvalue weighted by molar-refractivity contribution is 7.86. The van der Waals surface area contributed by atoms with Crippen molar-refractivity contribution in [2.75, 3.05) is 19.7 Å². The van der Waals surface area contributed by atoms with Crippen molar-refractivity contribution in [3.63, 3.8) is 0 Å². The molecule has 1 amide bonds. The van der Waals surface area contributed by atoms with E-state index in [2.05, 4.69) is 0 Å². The Hall–Kier alpha value is -2.58. The Kier molecular flexibility index (Phi) is 9.04. The molecule has 9 heteroatoms. The first-order chi connectivity index (χ1) is 18.1. The summed E-state index contributed by atoms with van der Waals surface area (Å²) >= 11 is 12.5. The van der Waals surface area contributed by atoms with Gasteiger partial charge in [-0.1, -0.05) is 59.6 Å². The van der Waals surface area contributed by atoms with E-state index in [1.54, 1.807) is 30.3 Å². The third kappa shape index (κ3) is 6.89. The smallest absolute Gasteiger partial charge is 0.296 e. The molecule has 3 aromatic carbocycles. The summed E-state index contributed by atoms with van der Waals surface area (Å²) in [5.74, 6) is 0.722. The van der Waals surface area contributed by atoms with Crippen molar-refractivity contribution in [3.05, 3.63) is 94.0 Å². The van der Waals surface area contributed by atoms with Crippen LogP contribution in [0.3, 0.4) is 0 Å². The number of carbonyl (C=O) groups excluding carboxylic acids is 1. The zero-order valence-electron chi connectivity index (χ0n) is 21.4. The van der Waals surface area contributed by atoms with E-state index in [-0.39, 0.29) is 29.9 Å². The second kappa shape index (κ2) is 12.1. The van der Waals surface area contributed by atoms with Crippen LogP contribution in [0.4, 0.5) is 0 Å². The Balaban J connectivity index is 1.50. The summed E-state index contributed by atoms with van der Waals surface area (Å²) in [6, 6.07) is 21.0. The van der Waals surface area contributed by atoms with Crippen LogP contribution >= 0.6 is 23.2 Å². The molecule has 1 aliphatic heterocycles. The van der Waals surface area contributed by atoms with E-state index in [0.29, 0.717) is 36.0 Å². The van der Waals surface area contributed by atoms with E-state index in [0.717, 1.165) is 16.9 Å². The predicted molar refractivity (Wildman–Crippen MR) is 149 cm³/mol. The van der Waals surface area contributed by atoms with Crippen molar-refractivity contribution in [3.8, 4) is 5.75 Å². The zero-order valence-corrected chi connectivity index (χ0v) is 23.7. The average Bonchev–Trinajstić information content (AvgIpc) is 3.32. The lowest BCUT2D eigenvalue weighted by Gasteiger charge is -2.30. The van der Waals surface area contributed by atoms with Gasteiger partial charge >= 0.3 is 0 Å². The van der Waals surface area contributed by atoms with E-state index in [1.165, 1.54) is 12.1 Å². The Bertz CT molecular complexity index is 1380. The minimum absolute atomic E-state index is 0.00791. The number of amides is 1. The second-order valence-electron chi connectivity index (χ2n) is 9.80. The number of benzene rings is 3. The number of likely N-dealkylation sites (tertiary alicyclic amines) is 1. The van der Waals surface area contributed by atoms with Crippen molar-refractivity contribution < 1.29 is 22.1 Å². The number of carbonyl (C=O) groups is 1. The third-order valence-corrected chi connectivity index (χ3v) is 8.78. The number of halogens is 2. The van der Waals surface area contributed by atoms with Crippen LogP contribution in [0.2, 0.25) is 10.0 Å². The van der Waals surface area contributed by atoms with Gasteiger partial charge < -0.3 is 9.64 Å². The Morgan fingerprint density at radius 3 is 2.47 bits per heavy atom. The van der Waals surface area contributed by atoms with Crippen molar-refractivity contribution in [1.82, 2.24) is 4.90 Å². The first kappa shape index (κ1) is 28.4. The summed E-state index contributed by atoms with van der Waals surface area (Å²) in [5, 5.41) is 0.844. The average molecular weight is 577 g/mol. The lowest BCUT2D eigenvalue weighted by atomic mass is 9.77. The first-order valence-corrected chi connectivity index (χ1v) is 14.7. The number of rotatable bonds is 10. The van der Waals surface area contributed by atoms with Gasteiger partial charge in [0.2, 0.25) is 5.91 Å². The molecule has 1 saturated heterocycles. The minimum Gasteiger partial charge on any atom is -0.491 e. The van der Waals surface area contributed by atoms with Crippen LogP contribution in [0.15, 0.2) is 77.7 Å². The van der Waals surface area contributed by atoms with Crippen molar-refractivity contribution in [2.45, 2.75) is 49.5 Å². The topological polar surface area (TPSA) is 72.9 Å². The normalized spacial score (nSPS) is 17.7. The molecule has 0 aliphatic carbocycles. The number of hydrogen-bond donors (Lipinski definition) is 0. The van der Waals surface area contributed by atoms with E-state index in [4.69, 9.17) is 32.1 Å². The summed E-state index contributed by atoms with van der Waals surface area (Å²) in [4.78, 5) is 15.2. The lowest BCUT2D eigenvalue weighted by Crippen LogP contribution is -2.36. The summed E-state index contributed by atoms with van der Waals surface area (Å²) in [5.41, 5.74) is 1.24. The molecule has 202 valence electrons. The highest BCUT2D eigenvalue weighted by Crippen LogP contribution is 2.40. The van der Waals surface area contributed by atoms with Gasteiger partial charge in [0.25, 0.3) is 10.1 Å². The predicted octanol–water partition coefficient (Wildman–Crippen LogP) is 6.29. The largest absolute Gasteiger partial charge is 0.491 e. The monoisotopic (exact) mass is 575 g/mol. The summed E-state index contributed by atoms with van der Waals surface area (Å²) in [6.45, 7) is 4.83. The van der Waals surface area contributed by atoms with Crippen molar-refractivity contribution in [2.24, 2.45) is 0 Å². The van der Waals surface area contributed by atoms with Gasteiger partial charge in [-0.15, -0.1) is 0 Å². The highest BCUT2D eigenvalue weighted by atomic mass is 35.5. The summed E-state index contributed by atoms with van der Waals surface area (Å²) in [6.07, 6.45) is 1.31. The molecule has 0 spiro atoms. The van der Waals surface area contributed by atoms with Gasteiger partial charge in [0.05, 0.1) is 34.1 Å².